The van der Waals surface area contributed by atoms with Gasteiger partial charge in [0.05, 0.1) is 19.2 Å². The van der Waals surface area contributed by atoms with Crippen molar-refractivity contribution >= 4 is 12.0 Å². The van der Waals surface area contributed by atoms with Crippen LogP contribution in [0.1, 0.15) is 30.9 Å². The number of aliphatic hydroxyl groups excluding tert-OH is 1. The molecule has 1 aliphatic carbocycles. The van der Waals surface area contributed by atoms with E-state index in [1.807, 2.05) is 43.0 Å². The van der Waals surface area contributed by atoms with Crippen LogP contribution in [-0.4, -0.2) is 64.9 Å². The summed E-state index contributed by atoms with van der Waals surface area (Å²) in [6, 6.07) is 7.52. The highest BCUT2D eigenvalue weighted by Gasteiger charge is 2.34. The number of amides is 2. The lowest BCUT2D eigenvalue weighted by atomic mass is 9.85. The fourth-order valence-electron chi connectivity index (χ4n) is 3.35. The number of carbonyl (C=O) groups excluding carboxylic acids is 1. The Hall–Kier alpha value is -2.12. The molecule has 26 heavy (non-hydrogen) atoms. The number of carboxylic acids is 1. The van der Waals surface area contributed by atoms with E-state index in [2.05, 4.69) is 10.6 Å². The number of nitrogens with zero attached hydrogens (tertiary/aromatic N) is 1. The highest BCUT2D eigenvalue weighted by atomic mass is 16.4. The normalized spacial score (nSPS) is 20.3. The van der Waals surface area contributed by atoms with Gasteiger partial charge < -0.3 is 20.8 Å². The van der Waals surface area contributed by atoms with E-state index in [9.17, 15) is 14.7 Å². The van der Waals surface area contributed by atoms with Crippen molar-refractivity contribution in [1.82, 2.24) is 15.5 Å². The Morgan fingerprint density at radius 3 is 2.58 bits per heavy atom. The quantitative estimate of drug-likeness (QED) is 0.527. The van der Waals surface area contributed by atoms with Crippen LogP contribution in [0.3, 0.4) is 0 Å². The average Bonchev–Trinajstić information content (AvgIpc) is 2.57. The van der Waals surface area contributed by atoms with Crippen molar-refractivity contribution in [3.05, 3.63) is 35.4 Å². The minimum atomic E-state index is -0.831. The summed E-state index contributed by atoms with van der Waals surface area (Å²) in [7, 11) is 0. The molecule has 1 aromatic rings. The monoisotopic (exact) mass is 363 g/mol. The third-order valence-corrected chi connectivity index (χ3v) is 4.99. The van der Waals surface area contributed by atoms with Crippen LogP contribution in [0.4, 0.5) is 4.79 Å². The highest BCUT2D eigenvalue weighted by molar-refractivity contribution is 5.74. The van der Waals surface area contributed by atoms with Gasteiger partial charge in [-0.25, -0.2) is 4.79 Å². The topological polar surface area (TPSA) is 102 Å². The second kappa shape index (κ2) is 9.54. The van der Waals surface area contributed by atoms with Crippen LogP contribution in [-0.2, 0) is 11.2 Å². The smallest absolute Gasteiger partial charge is 0.317 e. The van der Waals surface area contributed by atoms with E-state index < -0.39 is 5.97 Å². The van der Waals surface area contributed by atoms with Crippen LogP contribution in [0, 0.1) is 6.92 Å². The Morgan fingerprint density at radius 2 is 2.00 bits per heavy atom. The van der Waals surface area contributed by atoms with E-state index in [1.165, 1.54) is 0 Å². The maximum Gasteiger partial charge on any atom is 0.317 e. The minimum absolute atomic E-state index is 0.0308. The molecule has 2 rings (SSSR count). The Bertz CT molecular complexity index is 617. The van der Waals surface area contributed by atoms with Gasteiger partial charge in [-0.15, -0.1) is 0 Å². The van der Waals surface area contributed by atoms with E-state index >= 15 is 0 Å². The van der Waals surface area contributed by atoms with Crippen molar-refractivity contribution in [2.75, 3.05) is 19.7 Å². The number of aliphatic carboxylic acids is 1. The Labute approximate surface area is 154 Å². The van der Waals surface area contributed by atoms with Crippen LogP contribution in [0.25, 0.3) is 0 Å². The first-order valence-corrected chi connectivity index (χ1v) is 9.11. The molecule has 0 radical (unpaired) electrons. The summed E-state index contributed by atoms with van der Waals surface area (Å²) in [4.78, 5) is 24.9. The summed E-state index contributed by atoms with van der Waals surface area (Å²) in [6.07, 6.45) is 2.07. The van der Waals surface area contributed by atoms with Crippen molar-refractivity contribution in [2.45, 2.75) is 51.2 Å². The molecule has 0 heterocycles. The summed E-state index contributed by atoms with van der Waals surface area (Å²) in [5, 5.41) is 24.2. The number of rotatable bonds is 9. The molecule has 0 spiro atoms. The predicted molar refractivity (Wildman–Crippen MR) is 99.1 cm³/mol. The third kappa shape index (κ3) is 5.71. The molecule has 0 bridgehead atoms. The molecule has 7 heteroatoms. The molecule has 144 valence electrons. The maximum absolute atomic E-state index is 12.2. The van der Waals surface area contributed by atoms with E-state index in [4.69, 9.17) is 5.11 Å². The van der Waals surface area contributed by atoms with Gasteiger partial charge in [0.25, 0.3) is 0 Å². The van der Waals surface area contributed by atoms with Gasteiger partial charge in [0, 0.05) is 12.1 Å². The molecule has 7 nitrogen and oxygen atoms in total. The first-order valence-electron chi connectivity index (χ1n) is 9.11. The number of nitrogens with one attached hydrogen (secondary N) is 2. The molecular weight excluding hydrogens is 334 g/mol. The van der Waals surface area contributed by atoms with Crippen molar-refractivity contribution in [3.8, 4) is 0 Å². The lowest BCUT2D eigenvalue weighted by Gasteiger charge is -2.42. The summed E-state index contributed by atoms with van der Waals surface area (Å²) < 4.78 is 0. The zero-order valence-electron chi connectivity index (χ0n) is 15.4. The van der Waals surface area contributed by atoms with Gasteiger partial charge in [-0.05, 0) is 43.9 Å². The number of likely N-dealkylation sites (N-methyl/N-ethyl adjacent to an activating group) is 1. The largest absolute Gasteiger partial charge is 0.480 e. The molecule has 1 atom stereocenters. The minimum Gasteiger partial charge on any atom is -0.480 e. The predicted octanol–water partition coefficient (Wildman–Crippen LogP) is 1.14. The molecule has 0 aliphatic heterocycles. The number of carboxylic acid groups (broad SMARTS) is 1. The van der Waals surface area contributed by atoms with Gasteiger partial charge >= 0.3 is 12.0 Å². The van der Waals surface area contributed by atoms with Crippen LogP contribution >= 0.6 is 0 Å². The fourth-order valence-corrected chi connectivity index (χ4v) is 3.35. The summed E-state index contributed by atoms with van der Waals surface area (Å²) in [6.45, 7) is 4.53. The van der Waals surface area contributed by atoms with Crippen molar-refractivity contribution in [3.63, 3.8) is 0 Å². The molecule has 1 unspecified atom stereocenters. The molecule has 1 fully saturated rings. The van der Waals surface area contributed by atoms with Crippen LogP contribution in [0.2, 0.25) is 0 Å². The lowest BCUT2D eigenvalue weighted by molar-refractivity contribution is -0.139. The second-order valence-corrected chi connectivity index (χ2v) is 6.91. The molecule has 1 saturated carbocycles. The van der Waals surface area contributed by atoms with Crippen molar-refractivity contribution < 1.29 is 19.8 Å². The molecule has 1 aromatic carbocycles. The Kier molecular flexibility index (Phi) is 7.41. The number of benzene rings is 1. The zero-order valence-corrected chi connectivity index (χ0v) is 15.4. The maximum atomic E-state index is 12.2. The van der Waals surface area contributed by atoms with Gasteiger partial charge in [-0.1, -0.05) is 31.2 Å². The average molecular weight is 363 g/mol. The summed E-state index contributed by atoms with van der Waals surface area (Å²) in [5.74, 6) is -0.831. The van der Waals surface area contributed by atoms with Gasteiger partial charge in [0.1, 0.15) is 0 Å². The molecule has 0 saturated heterocycles. The molecule has 0 aromatic heterocycles. The summed E-state index contributed by atoms with van der Waals surface area (Å²) >= 11 is 0. The Balaban J connectivity index is 1.76. The third-order valence-electron chi connectivity index (χ3n) is 4.99. The first kappa shape index (κ1) is 20.2. The van der Waals surface area contributed by atoms with E-state index in [0.717, 1.165) is 24.0 Å². The SMILES string of the molecule is CCN(CC(=O)O)C1CC(NC(=O)NC(CO)Cc2ccccc2C)C1. The number of carbonyl (C=O) groups is 2. The van der Waals surface area contributed by atoms with Gasteiger partial charge in [0.15, 0.2) is 0 Å². The van der Waals surface area contributed by atoms with Crippen LogP contribution < -0.4 is 10.6 Å². The van der Waals surface area contributed by atoms with Crippen molar-refractivity contribution in [2.24, 2.45) is 0 Å². The Morgan fingerprint density at radius 1 is 1.31 bits per heavy atom. The first-order chi connectivity index (χ1) is 12.4. The number of hydrogen-bond donors (Lipinski definition) is 4. The molecule has 2 amide bonds. The van der Waals surface area contributed by atoms with Gasteiger partial charge in [-0.3, -0.25) is 9.69 Å². The molecule has 4 N–H and O–H groups in total. The second-order valence-electron chi connectivity index (χ2n) is 6.91. The number of hydrogen-bond acceptors (Lipinski definition) is 4. The summed E-state index contributed by atoms with van der Waals surface area (Å²) in [5.41, 5.74) is 2.23. The van der Waals surface area contributed by atoms with Gasteiger partial charge in [0.2, 0.25) is 0 Å². The number of aryl methyl sites for hydroxylation is 1. The number of aliphatic hydroxyl groups is 1. The lowest BCUT2D eigenvalue weighted by Crippen LogP contribution is -2.57. The van der Waals surface area contributed by atoms with Gasteiger partial charge in [-0.2, -0.15) is 0 Å². The molecule has 1 aliphatic rings. The molecular formula is C19H29N3O4. The van der Waals surface area contributed by atoms with Crippen LogP contribution in [0.15, 0.2) is 24.3 Å². The van der Waals surface area contributed by atoms with Crippen LogP contribution in [0.5, 0.6) is 0 Å². The number of urea groups is 1. The standard InChI is InChI=1S/C19H29N3O4/c1-3-22(11-18(24)25)17-9-15(10-17)20-19(26)21-16(12-23)8-14-7-5-4-6-13(14)2/h4-7,15-17,23H,3,8-12H2,1-2H3,(H,24,25)(H2,20,21,26). The van der Waals surface area contributed by atoms with Crippen molar-refractivity contribution in [1.29, 1.82) is 0 Å². The zero-order chi connectivity index (χ0) is 19.1. The highest BCUT2D eigenvalue weighted by Crippen LogP contribution is 2.25. The van der Waals surface area contributed by atoms with E-state index in [1.54, 1.807) is 0 Å². The fraction of sp³-hybridized carbons (Fsp3) is 0.579. The van der Waals surface area contributed by atoms with E-state index in [-0.39, 0.29) is 37.3 Å². The van der Waals surface area contributed by atoms with E-state index in [0.29, 0.717) is 13.0 Å².